The number of thioether (sulfide) groups is 1. The van der Waals surface area contributed by atoms with Crippen LogP contribution in [0.2, 0.25) is 10.0 Å². The second-order valence-corrected chi connectivity index (χ2v) is 5.95. The van der Waals surface area contributed by atoms with Gasteiger partial charge < -0.3 is 5.32 Å². The third-order valence-electron chi connectivity index (χ3n) is 2.87. The second-order valence-electron chi connectivity index (χ2n) is 4.19. The summed E-state index contributed by atoms with van der Waals surface area (Å²) in [6.07, 6.45) is 3.84. The van der Waals surface area contributed by atoms with Gasteiger partial charge >= 0.3 is 0 Å². The van der Waals surface area contributed by atoms with Gasteiger partial charge in [0.05, 0.1) is 0 Å². The Morgan fingerprint density at radius 1 is 1.10 bits per heavy atom. The average Bonchev–Trinajstić information content (AvgIpc) is 2.48. The fourth-order valence-electron chi connectivity index (χ4n) is 1.87. The predicted molar refractivity (Wildman–Crippen MR) is 91.6 cm³/mol. The molecule has 1 unspecified atom stereocenters. The number of hydrogen-bond acceptors (Lipinski definition) is 4. The van der Waals surface area contributed by atoms with Crippen LogP contribution >= 0.6 is 35.0 Å². The summed E-state index contributed by atoms with van der Waals surface area (Å²) in [6.45, 7) is 0. The number of hydrogen-bond donors (Lipinski definition) is 2. The lowest BCUT2D eigenvalue weighted by atomic mass is 10.1. The van der Waals surface area contributed by atoms with Crippen LogP contribution in [-0.2, 0) is 0 Å². The minimum absolute atomic E-state index is 0.162. The summed E-state index contributed by atoms with van der Waals surface area (Å²) in [4.78, 5) is 0. The molecule has 0 radical (unpaired) electrons. The van der Waals surface area contributed by atoms with E-state index in [2.05, 4.69) is 10.6 Å². The molecule has 0 bridgehead atoms. The Morgan fingerprint density at radius 3 is 2.24 bits per heavy atom. The van der Waals surface area contributed by atoms with E-state index < -0.39 is 0 Å². The van der Waals surface area contributed by atoms with Gasteiger partial charge in [0, 0.05) is 21.3 Å². The summed E-state index contributed by atoms with van der Waals surface area (Å²) in [7, 11) is 0. The van der Waals surface area contributed by atoms with Crippen molar-refractivity contribution < 1.29 is 0 Å². The summed E-state index contributed by atoms with van der Waals surface area (Å²) in [6, 6.07) is 13.2. The SMILES string of the molecule is CSC(NC#N)Nc1ccc(-c2c(Cl)cccc2Cl)cc1. The Kier molecular flexibility index (Phi) is 5.63. The van der Waals surface area contributed by atoms with E-state index in [1.807, 2.05) is 54.9 Å². The Balaban J connectivity index is 2.21. The van der Waals surface area contributed by atoms with E-state index in [9.17, 15) is 0 Å². The van der Waals surface area contributed by atoms with E-state index in [1.165, 1.54) is 11.8 Å². The van der Waals surface area contributed by atoms with Crippen molar-refractivity contribution in [3.05, 3.63) is 52.5 Å². The number of rotatable bonds is 5. The maximum Gasteiger partial charge on any atom is 0.178 e. The summed E-state index contributed by atoms with van der Waals surface area (Å²) < 4.78 is 0. The first-order chi connectivity index (χ1) is 10.2. The smallest absolute Gasteiger partial charge is 0.178 e. The third-order valence-corrected chi connectivity index (χ3v) is 4.20. The van der Waals surface area contributed by atoms with E-state index in [4.69, 9.17) is 28.5 Å². The lowest BCUT2D eigenvalue weighted by Gasteiger charge is -2.16. The first-order valence-electron chi connectivity index (χ1n) is 6.14. The Hall–Kier alpha value is -1.54. The lowest BCUT2D eigenvalue weighted by Crippen LogP contribution is -2.29. The predicted octanol–water partition coefficient (Wildman–Crippen LogP) is 4.79. The first-order valence-corrected chi connectivity index (χ1v) is 8.18. The summed E-state index contributed by atoms with van der Waals surface area (Å²) in [5.74, 6) is 0. The van der Waals surface area contributed by atoms with Crippen molar-refractivity contribution >= 4 is 40.7 Å². The molecule has 2 aromatic rings. The first kappa shape index (κ1) is 15.8. The van der Waals surface area contributed by atoms with Crippen LogP contribution in [0.5, 0.6) is 0 Å². The average molecular weight is 338 g/mol. The molecule has 0 aromatic heterocycles. The number of benzene rings is 2. The van der Waals surface area contributed by atoms with Crippen LogP contribution in [0.15, 0.2) is 42.5 Å². The zero-order valence-electron chi connectivity index (χ0n) is 11.2. The van der Waals surface area contributed by atoms with Crippen LogP contribution in [-0.4, -0.2) is 11.8 Å². The standard InChI is InChI=1S/C15H13Cl2N3S/c1-21-15(19-9-18)20-11-7-5-10(6-8-11)14-12(16)3-2-4-13(14)17/h2-8,15,19-20H,1H3. The van der Waals surface area contributed by atoms with Gasteiger partial charge in [0.25, 0.3) is 0 Å². The van der Waals surface area contributed by atoms with E-state index in [-0.39, 0.29) is 5.50 Å². The summed E-state index contributed by atoms with van der Waals surface area (Å²) >= 11 is 13.9. The molecule has 0 aliphatic rings. The monoisotopic (exact) mass is 337 g/mol. The van der Waals surface area contributed by atoms with Crippen molar-refractivity contribution in [2.24, 2.45) is 0 Å². The molecule has 0 spiro atoms. The molecule has 1 atom stereocenters. The molecular weight excluding hydrogens is 325 g/mol. The van der Waals surface area contributed by atoms with Gasteiger partial charge in [-0.05, 0) is 36.1 Å². The molecule has 2 rings (SSSR count). The molecule has 0 aliphatic carbocycles. The highest BCUT2D eigenvalue weighted by Crippen LogP contribution is 2.34. The molecule has 0 fully saturated rings. The van der Waals surface area contributed by atoms with Gasteiger partial charge in [0.2, 0.25) is 0 Å². The number of halogens is 2. The minimum atomic E-state index is -0.162. The van der Waals surface area contributed by atoms with Crippen molar-refractivity contribution in [3.8, 4) is 17.3 Å². The Labute approximate surface area is 138 Å². The molecule has 0 heterocycles. The zero-order chi connectivity index (χ0) is 15.2. The molecular formula is C15H13Cl2N3S. The molecule has 3 nitrogen and oxygen atoms in total. The molecule has 6 heteroatoms. The van der Waals surface area contributed by atoms with E-state index in [0.717, 1.165) is 16.8 Å². The van der Waals surface area contributed by atoms with E-state index >= 15 is 0 Å². The maximum atomic E-state index is 8.66. The van der Waals surface area contributed by atoms with Gasteiger partial charge in [-0.2, -0.15) is 5.26 Å². The van der Waals surface area contributed by atoms with Crippen molar-refractivity contribution in [1.29, 1.82) is 5.26 Å². The van der Waals surface area contributed by atoms with Gasteiger partial charge in [-0.1, -0.05) is 41.4 Å². The number of anilines is 1. The summed E-state index contributed by atoms with van der Waals surface area (Å²) in [5.41, 5.74) is 2.52. The number of nitrogens with zero attached hydrogens (tertiary/aromatic N) is 1. The highest BCUT2D eigenvalue weighted by molar-refractivity contribution is 7.99. The molecule has 0 amide bonds. The largest absolute Gasteiger partial charge is 0.356 e. The topological polar surface area (TPSA) is 47.9 Å². The Bertz CT molecular complexity index is 633. The molecule has 2 N–H and O–H groups in total. The maximum absolute atomic E-state index is 8.66. The molecule has 0 aliphatic heterocycles. The Morgan fingerprint density at radius 2 is 1.71 bits per heavy atom. The van der Waals surface area contributed by atoms with E-state index in [0.29, 0.717) is 10.0 Å². The molecule has 0 saturated carbocycles. The van der Waals surface area contributed by atoms with E-state index in [1.54, 1.807) is 0 Å². The minimum Gasteiger partial charge on any atom is -0.356 e. The highest BCUT2D eigenvalue weighted by atomic mass is 35.5. The molecule has 108 valence electrons. The third kappa shape index (κ3) is 3.98. The van der Waals surface area contributed by atoms with Gasteiger partial charge in [0.1, 0.15) is 0 Å². The van der Waals surface area contributed by atoms with Crippen molar-refractivity contribution in [2.45, 2.75) is 5.50 Å². The van der Waals surface area contributed by atoms with Crippen molar-refractivity contribution in [3.63, 3.8) is 0 Å². The van der Waals surface area contributed by atoms with Gasteiger partial charge in [-0.25, -0.2) is 0 Å². The quantitative estimate of drug-likeness (QED) is 0.467. The van der Waals surface area contributed by atoms with Crippen LogP contribution in [0.25, 0.3) is 11.1 Å². The number of nitriles is 1. The zero-order valence-corrected chi connectivity index (χ0v) is 13.6. The lowest BCUT2D eigenvalue weighted by molar-refractivity contribution is 0.885. The van der Waals surface area contributed by atoms with Gasteiger partial charge in [-0.3, -0.25) is 5.32 Å². The second kappa shape index (κ2) is 7.46. The fraction of sp³-hybridized carbons (Fsp3) is 0.133. The van der Waals surface area contributed by atoms with Crippen LogP contribution < -0.4 is 10.6 Å². The van der Waals surface area contributed by atoms with Gasteiger partial charge in [0.15, 0.2) is 11.7 Å². The molecule has 0 saturated heterocycles. The van der Waals surface area contributed by atoms with Crippen LogP contribution in [0.4, 0.5) is 5.69 Å². The van der Waals surface area contributed by atoms with Crippen LogP contribution in [0.1, 0.15) is 0 Å². The van der Waals surface area contributed by atoms with Crippen molar-refractivity contribution in [2.75, 3.05) is 11.6 Å². The number of nitrogens with one attached hydrogen (secondary N) is 2. The van der Waals surface area contributed by atoms with Crippen LogP contribution in [0.3, 0.4) is 0 Å². The van der Waals surface area contributed by atoms with Gasteiger partial charge in [-0.15, -0.1) is 11.8 Å². The molecule has 21 heavy (non-hydrogen) atoms. The highest BCUT2D eigenvalue weighted by Gasteiger charge is 2.09. The van der Waals surface area contributed by atoms with Crippen LogP contribution in [0, 0.1) is 11.5 Å². The molecule has 2 aromatic carbocycles. The normalized spacial score (nSPS) is 11.5. The fourth-order valence-corrected chi connectivity index (χ4v) is 2.91. The van der Waals surface area contributed by atoms with Crippen molar-refractivity contribution in [1.82, 2.24) is 5.32 Å². The summed E-state index contributed by atoms with van der Waals surface area (Å²) in [5, 5.41) is 15.8.